The number of rotatable bonds is 5. The Morgan fingerprint density at radius 2 is 2.33 bits per heavy atom. The molecule has 0 bridgehead atoms. The van der Waals surface area contributed by atoms with Crippen molar-refractivity contribution in [3.63, 3.8) is 0 Å². The second kappa shape index (κ2) is 5.80. The molecule has 0 heterocycles. The third kappa shape index (κ3) is 5.54. The van der Waals surface area contributed by atoms with Gasteiger partial charge in [0.15, 0.2) is 0 Å². The van der Waals surface area contributed by atoms with Crippen molar-refractivity contribution in [2.75, 3.05) is 0 Å². The molecule has 1 unspecified atom stereocenters. The summed E-state index contributed by atoms with van der Waals surface area (Å²) in [5, 5.41) is 0. The first-order valence-corrected chi connectivity index (χ1v) is 3.56. The van der Waals surface area contributed by atoms with Gasteiger partial charge < -0.3 is 0 Å². The predicted molar refractivity (Wildman–Crippen MR) is 39.2 cm³/mol. The molecule has 0 saturated carbocycles. The summed E-state index contributed by atoms with van der Waals surface area (Å²) in [6.45, 7) is 5.43. The average molecular weight is 130 g/mol. The summed E-state index contributed by atoms with van der Waals surface area (Å²) in [5.74, 6) is 0. The Balaban J connectivity index is 2.96. The van der Waals surface area contributed by atoms with Gasteiger partial charge in [-0.15, -0.1) is 6.58 Å². The van der Waals surface area contributed by atoms with E-state index in [0.717, 1.165) is 12.8 Å². The van der Waals surface area contributed by atoms with Crippen LogP contribution in [0.3, 0.4) is 0 Å². The molecule has 0 amide bonds. The van der Waals surface area contributed by atoms with Crippen molar-refractivity contribution in [3.8, 4) is 0 Å². The molecule has 0 nitrogen and oxygen atoms in total. The van der Waals surface area contributed by atoms with Crippen molar-refractivity contribution in [1.82, 2.24) is 0 Å². The highest BCUT2D eigenvalue weighted by Crippen LogP contribution is 2.07. The van der Waals surface area contributed by atoms with Crippen molar-refractivity contribution in [3.05, 3.63) is 12.7 Å². The molecule has 0 aliphatic heterocycles. The van der Waals surface area contributed by atoms with Gasteiger partial charge in [-0.1, -0.05) is 13.0 Å². The summed E-state index contributed by atoms with van der Waals surface area (Å²) in [6, 6.07) is 0. The van der Waals surface area contributed by atoms with E-state index in [4.69, 9.17) is 0 Å². The van der Waals surface area contributed by atoms with Crippen molar-refractivity contribution in [2.24, 2.45) is 0 Å². The first kappa shape index (κ1) is 8.67. The Hall–Kier alpha value is -0.330. The lowest BCUT2D eigenvalue weighted by molar-refractivity contribution is 0.300. The van der Waals surface area contributed by atoms with Crippen LogP contribution in [-0.4, -0.2) is 6.17 Å². The molecule has 0 aliphatic rings. The van der Waals surface area contributed by atoms with E-state index >= 15 is 0 Å². The minimum Gasteiger partial charge on any atom is -0.248 e. The van der Waals surface area contributed by atoms with Crippen LogP contribution in [0.5, 0.6) is 0 Å². The van der Waals surface area contributed by atoms with E-state index in [1.165, 1.54) is 0 Å². The molecular weight excluding hydrogens is 115 g/mol. The fourth-order valence-electron chi connectivity index (χ4n) is 0.688. The second-order valence-electron chi connectivity index (χ2n) is 2.23. The maximum Gasteiger partial charge on any atom is 0.0999 e. The fourth-order valence-corrected chi connectivity index (χ4v) is 0.688. The Labute approximate surface area is 56.8 Å². The zero-order chi connectivity index (χ0) is 7.11. The average Bonchev–Trinajstić information content (AvgIpc) is 1.89. The Morgan fingerprint density at radius 3 is 2.78 bits per heavy atom. The number of allylic oxidation sites excluding steroid dienone is 1. The van der Waals surface area contributed by atoms with Gasteiger partial charge in [0.05, 0.1) is 6.17 Å². The van der Waals surface area contributed by atoms with E-state index in [9.17, 15) is 4.39 Å². The third-order valence-corrected chi connectivity index (χ3v) is 1.37. The van der Waals surface area contributed by atoms with Gasteiger partial charge in [-0.05, 0) is 25.7 Å². The lowest BCUT2D eigenvalue weighted by atomic mass is 10.1. The van der Waals surface area contributed by atoms with Crippen molar-refractivity contribution in [2.45, 2.75) is 38.8 Å². The lowest BCUT2D eigenvalue weighted by Crippen LogP contribution is -1.95. The van der Waals surface area contributed by atoms with Crippen molar-refractivity contribution in [1.29, 1.82) is 0 Å². The minimum atomic E-state index is -0.593. The monoisotopic (exact) mass is 130 g/mol. The number of hydrogen-bond acceptors (Lipinski definition) is 0. The molecule has 0 saturated heterocycles. The second-order valence-corrected chi connectivity index (χ2v) is 2.23. The molecule has 1 atom stereocenters. The van der Waals surface area contributed by atoms with E-state index in [-0.39, 0.29) is 0 Å². The zero-order valence-corrected chi connectivity index (χ0v) is 6.07. The van der Waals surface area contributed by atoms with Crippen LogP contribution in [-0.2, 0) is 0 Å². The summed E-state index contributed by atoms with van der Waals surface area (Å²) < 4.78 is 12.4. The van der Waals surface area contributed by atoms with Gasteiger partial charge in [0.2, 0.25) is 0 Å². The fraction of sp³-hybridized carbons (Fsp3) is 0.750. The standard InChI is InChI=1S/C8H15F/c1-3-5-6-7-8(9)4-2/h3,8H,1,4-7H2,2H3. The third-order valence-electron chi connectivity index (χ3n) is 1.37. The molecule has 0 aromatic rings. The molecule has 0 spiro atoms. The quantitative estimate of drug-likeness (QED) is 0.396. The van der Waals surface area contributed by atoms with E-state index in [2.05, 4.69) is 6.58 Å². The number of unbranched alkanes of at least 4 members (excludes halogenated alkanes) is 1. The van der Waals surface area contributed by atoms with Gasteiger partial charge in [0.25, 0.3) is 0 Å². The zero-order valence-electron chi connectivity index (χ0n) is 6.07. The lowest BCUT2D eigenvalue weighted by Gasteiger charge is -2.00. The molecule has 0 aliphatic carbocycles. The molecular formula is C8H15F. The summed E-state index contributed by atoms with van der Waals surface area (Å²) in [6.07, 6.45) is 4.48. The first-order chi connectivity index (χ1) is 4.31. The molecule has 0 aromatic heterocycles. The normalized spacial score (nSPS) is 13.1. The highest BCUT2D eigenvalue weighted by Gasteiger charge is 1.99. The molecule has 54 valence electrons. The first-order valence-electron chi connectivity index (χ1n) is 3.56. The van der Waals surface area contributed by atoms with Crippen LogP contribution in [0.4, 0.5) is 4.39 Å². The van der Waals surface area contributed by atoms with Crippen molar-refractivity contribution < 1.29 is 4.39 Å². The summed E-state index contributed by atoms with van der Waals surface area (Å²) in [5.41, 5.74) is 0. The highest BCUT2D eigenvalue weighted by atomic mass is 19.1. The maximum atomic E-state index is 12.4. The van der Waals surface area contributed by atoms with Crippen LogP contribution < -0.4 is 0 Å². The van der Waals surface area contributed by atoms with Gasteiger partial charge in [-0.2, -0.15) is 0 Å². The van der Waals surface area contributed by atoms with Gasteiger partial charge in [0.1, 0.15) is 0 Å². The van der Waals surface area contributed by atoms with Gasteiger partial charge >= 0.3 is 0 Å². The Kier molecular flexibility index (Phi) is 5.59. The molecule has 0 aromatic carbocycles. The molecule has 0 fully saturated rings. The van der Waals surface area contributed by atoms with Gasteiger partial charge in [0, 0.05) is 0 Å². The van der Waals surface area contributed by atoms with Crippen LogP contribution in [0.25, 0.3) is 0 Å². The van der Waals surface area contributed by atoms with E-state index in [1.54, 1.807) is 0 Å². The van der Waals surface area contributed by atoms with E-state index < -0.39 is 6.17 Å². The summed E-state index contributed by atoms with van der Waals surface area (Å²) >= 11 is 0. The van der Waals surface area contributed by atoms with Gasteiger partial charge in [-0.3, -0.25) is 0 Å². The highest BCUT2D eigenvalue weighted by molar-refractivity contribution is 4.66. The van der Waals surface area contributed by atoms with E-state index in [0.29, 0.717) is 12.8 Å². The molecule has 0 radical (unpaired) electrons. The van der Waals surface area contributed by atoms with Crippen LogP contribution in [0, 0.1) is 0 Å². The van der Waals surface area contributed by atoms with Crippen LogP contribution >= 0.6 is 0 Å². The summed E-state index contributed by atoms with van der Waals surface area (Å²) in [7, 11) is 0. The van der Waals surface area contributed by atoms with E-state index in [1.807, 2.05) is 13.0 Å². The summed E-state index contributed by atoms with van der Waals surface area (Å²) in [4.78, 5) is 0. The Bertz CT molecular complexity index is 69.0. The number of hydrogen-bond donors (Lipinski definition) is 0. The molecule has 0 N–H and O–H groups in total. The minimum absolute atomic E-state index is 0.593. The molecule has 0 rings (SSSR count). The van der Waals surface area contributed by atoms with Crippen LogP contribution in [0.2, 0.25) is 0 Å². The SMILES string of the molecule is C=CCCCC(F)CC. The van der Waals surface area contributed by atoms with Gasteiger partial charge in [-0.25, -0.2) is 4.39 Å². The van der Waals surface area contributed by atoms with Crippen LogP contribution in [0.1, 0.15) is 32.6 Å². The number of alkyl halides is 1. The maximum absolute atomic E-state index is 12.4. The van der Waals surface area contributed by atoms with Crippen LogP contribution in [0.15, 0.2) is 12.7 Å². The predicted octanol–water partition coefficient (Wildman–Crippen LogP) is 3.09. The molecule has 1 heteroatoms. The topological polar surface area (TPSA) is 0 Å². The smallest absolute Gasteiger partial charge is 0.0999 e. The number of halogens is 1. The Morgan fingerprint density at radius 1 is 1.67 bits per heavy atom. The molecule has 9 heavy (non-hydrogen) atoms. The largest absolute Gasteiger partial charge is 0.248 e. The van der Waals surface area contributed by atoms with Crippen molar-refractivity contribution >= 4 is 0 Å².